The molecule has 0 fully saturated rings. The van der Waals surface area contributed by atoms with E-state index in [1.807, 2.05) is 14.0 Å². The van der Waals surface area contributed by atoms with Crippen LogP contribution in [0.15, 0.2) is 0 Å². The fourth-order valence-corrected chi connectivity index (χ4v) is 1.34. The fourth-order valence-electron chi connectivity index (χ4n) is 1.34. The Bertz CT molecular complexity index is 180. The molecule has 0 aliphatic heterocycles. The van der Waals surface area contributed by atoms with Crippen molar-refractivity contribution in [2.24, 2.45) is 11.7 Å². The second-order valence-corrected chi connectivity index (χ2v) is 4.33. The van der Waals surface area contributed by atoms with Crippen LogP contribution in [-0.2, 0) is 4.79 Å². The summed E-state index contributed by atoms with van der Waals surface area (Å²) >= 11 is 0. The smallest absolute Gasteiger partial charge is 0.239 e. The van der Waals surface area contributed by atoms with Gasteiger partial charge >= 0.3 is 0 Å². The summed E-state index contributed by atoms with van der Waals surface area (Å²) in [6.07, 6.45) is 1.73. The molecule has 1 unspecified atom stereocenters. The molecule has 0 rings (SSSR count). The number of likely N-dealkylation sites (N-methyl/N-ethyl adjacent to an activating group) is 1. The Morgan fingerprint density at radius 3 is 2.21 bits per heavy atom. The van der Waals surface area contributed by atoms with Crippen molar-refractivity contribution in [2.45, 2.75) is 52.6 Å². The number of hydrogen-bond donors (Lipinski definition) is 1. The minimum atomic E-state index is -0.328. The average molecular weight is 200 g/mol. The Kier molecular flexibility index (Phi) is 5.77. The zero-order valence-corrected chi connectivity index (χ0v) is 10.1. The zero-order valence-electron chi connectivity index (χ0n) is 10.1. The highest BCUT2D eigenvalue weighted by Gasteiger charge is 2.22. The summed E-state index contributed by atoms with van der Waals surface area (Å²) in [6, 6.07) is -0.0726. The Hall–Kier alpha value is -0.570. The molecule has 0 aliphatic carbocycles. The van der Waals surface area contributed by atoms with E-state index in [1.165, 1.54) is 0 Å². The van der Waals surface area contributed by atoms with Gasteiger partial charge in [-0.3, -0.25) is 4.79 Å². The Balaban J connectivity index is 4.23. The number of carbonyl (C=O) groups is 1. The van der Waals surface area contributed by atoms with Gasteiger partial charge in [-0.15, -0.1) is 0 Å². The third-order valence-corrected chi connectivity index (χ3v) is 2.84. The number of rotatable bonds is 5. The number of amides is 1. The lowest BCUT2D eigenvalue weighted by molar-refractivity contribution is -0.134. The molecule has 0 saturated heterocycles. The molecule has 14 heavy (non-hydrogen) atoms. The van der Waals surface area contributed by atoms with Gasteiger partial charge in [0, 0.05) is 13.1 Å². The first-order valence-corrected chi connectivity index (χ1v) is 5.44. The Morgan fingerprint density at radius 1 is 1.36 bits per heavy atom. The summed E-state index contributed by atoms with van der Waals surface area (Å²) in [4.78, 5) is 13.5. The van der Waals surface area contributed by atoms with Crippen LogP contribution in [0.5, 0.6) is 0 Å². The summed E-state index contributed by atoms with van der Waals surface area (Å²) in [5.41, 5.74) is 5.78. The highest BCUT2D eigenvalue weighted by atomic mass is 16.2. The molecular weight excluding hydrogens is 176 g/mol. The molecule has 0 saturated carbocycles. The molecule has 0 radical (unpaired) electrons. The molecule has 84 valence electrons. The van der Waals surface area contributed by atoms with Gasteiger partial charge in [0.1, 0.15) is 0 Å². The summed E-state index contributed by atoms with van der Waals surface area (Å²) in [5, 5.41) is 0. The van der Waals surface area contributed by atoms with Crippen LogP contribution in [0.3, 0.4) is 0 Å². The molecule has 0 aromatic heterocycles. The van der Waals surface area contributed by atoms with Gasteiger partial charge < -0.3 is 10.6 Å². The van der Waals surface area contributed by atoms with Crippen molar-refractivity contribution < 1.29 is 4.79 Å². The third-order valence-electron chi connectivity index (χ3n) is 2.84. The largest absolute Gasteiger partial charge is 0.341 e. The summed E-state index contributed by atoms with van der Waals surface area (Å²) in [5.74, 6) is 0.533. The van der Waals surface area contributed by atoms with Crippen LogP contribution in [0, 0.1) is 5.92 Å². The second-order valence-electron chi connectivity index (χ2n) is 4.33. The topological polar surface area (TPSA) is 46.3 Å². The normalized spacial score (nSPS) is 15.4. The van der Waals surface area contributed by atoms with E-state index in [-0.39, 0.29) is 18.0 Å². The quantitative estimate of drug-likeness (QED) is 0.733. The van der Waals surface area contributed by atoms with E-state index in [2.05, 4.69) is 20.8 Å². The molecule has 0 heterocycles. The summed E-state index contributed by atoms with van der Waals surface area (Å²) in [6.45, 7) is 8.32. The number of carbonyl (C=O) groups excluding carboxylic acids is 1. The zero-order chi connectivity index (χ0) is 11.3. The molecule has 2 N–H and O–H groups in total. The van der Waals surface area contributed by atoms with E-state index in [0.29, 0.717) is 5.92 Å². The van der Waals surface area contributed by atoms with Gasteiger partial charge in [-0.25, -0.2) is 0 Å². The molecule has 0 bridgehead atoms. The Labute approximate surface area is 87.6 Å². The number of nitrogens with two attached hydrogens (primary N) is 1. The maximum absolute atomic E-state index is 11.8. The lowest BCUT2D eigenvalue weighted by Crippen LogP contribution is -2.47. The summed E-state index contributed by atoms with van der Waals surface area (Å²) < 4.78 is 0. The first-order valence-electron chi connectivity index (χ1n) is 5.44. The Morgan fingerprint density at radius 2 is 1.86 bits per heavy atom. The van der Waals surface area contributed by atoms with Crippen LogP contribution >= 0.6 is 0 Å². The van der Waals surface area contributed by atoms with Crippen molar-refractivity contribution in [2.75, 3.05) is 7.05 Å². The van der Waals surface area contributed by atoms with E-state index in [0.717, 1.165) is 12.8 Å². The van der Waals surface area contributed by atoms with Gasteiger partial charge in [0.15, 0.2) is 0 Å². The SMILES string of the molecule is CCC[C@H](N)C(=O)N(C)C(C)C(C)C. The minimum Gasteiger partial charge on any atom is -0.341 e. The van der Waals surface area contributed by atoms with Crippen LogP contribution in [0.4, 0.5) is 0 Å². The molecular formula is C11H24N2O. The lowest BCUT2D eigenvalue weighted by Gasteiger charge is -2.30. The minimum absolute atomic E-state index is 0.0630. The van der Waals surface area contributed by atoms with E-state index >= 15 is 0 Å². The maximum atomic E-state index is 11.8. The predicted octanol–water partition coefficient (Wildman–Crippen LogP) is 1.62. The lowest BCUT2D eigenvalue weighted by atomic mass is 10.0. The molecule has 1 amide bonds. The predicted molar refractivity (Wildman–Crippen MR) is 60.0 cm³/mol. The number of hydrogen-bond acceptors (Lipinski definition) is 2. The van der Waals surface area contributed by atoms with Crippen molar-refractivity contribution >= 4 is 5.91 Å². The first kappa shape index (κ1) is 13.4. The second kappa shape index (κ2) is 6.02. The molecule has 3 heteroatoms. The van der Waals surface area contributed by atoms with E-state index < -0.39 is 0 Å². The molecule has 0 aromatic carbocycles. The van der Waals surface area contributed by atoms with Crippen LogP contribution in [0.2, 0.25) is 0 Å². The van der Waals surface area contributed by atoms with Gasteiger partial charge in [0.2, 0.25) is 5.91 Å². The highest BCUT2D eigenvalue weighted by Crippen LogP contribution is 2.10. The molecule has 2 atom stereocenters. The highest BCUT2D eigenvalue weighted by molar-refractivity contribution is 5.81. The van der Waals surface area contributed by atoms with E-state index in [9.17, 15) is 4.79 Å². The molecule has 0 aliphatic rings. The first-order chi connectivity index (χ1) is 6.41. The number of nitrogens with zero attached hydrogens (tertiary/aromatic N) is 1. The van der Waals surface area contributed by atoms with Gasteiger partial charge in [-0.05, 0) is 19.3 Å². The molecule has 3 nitrogen and oxygen atoms in total. The maximum Gasteiger partial charge on any atom is 0.239 e. The van der Waals surface area contributed by atoms with Crippen molar-refractivity contribution in [3.05, 3.63) is 0 Å². The summed E-state index contributed by atoms with van der Waals surface area (Å²) in [7, 11) is 1.84. The van der Waals surface area contributed by atoms with Gasteiger partial charge in [-0.1, -0.05) is 27.2 Å². The standard InChI is InChI=1S/C11H24N2O/c1-6-7-10(12)11(14)13(5)9(4)8(2)3/h8-10H,6-7,12H2,1-5H3/t9?,10-/m0/s1. The monoisotopic (exact) mass is 200 g/mol. The molecule has 0 spiro atoms. The van der Waals surface area contributed by atoms with Gasteiger partial charge in [0.25, 0.3) is 0 Å². The van der Waals surface area contributed by atoms with Crippen molar-refractivity contribution in [1.82, 2.24) is 4.90 Å². The van der Waals surface area contributed by atoms with Crippen molar-refractivity contribution in [1.29, 1.82) is 0 Å². The van der Waals surface area contributed by atoms with Gasteiger partial charge in [0.05, 0.1) is 6.04 Å². The van der Waals surface area contributed by atoms with Crippen LogP contribution in [0.25, 0.3) is 0 Å². The average Bonchev–Trinajstić information content (AvgIpc) is 2.14. The molecule has 0 aromatic rings. The fraction of sp³-hybridized carbons (Fsp3) is 0.909. The van der Waals surface area contributed by atoms with Crippen molar-refractivity contribution in [3.63, 3.8) is 0 Å². The van der Waals surface area contributed by atoms with E-state index in [4.69, 9.17) is 5.73 Å². The van der Waals surface area contributed by atoms with Gasteiger partial charge in [-0.2, -0.15) is 0 Å². The van der Waals surface area contributed by atoms with Crippen LogP contribution in [-0.4, -0.2) is 29.9 Å². The van der Waals surface area contributed by atoms with E-state index in [1.54, 1.807) is 4.90 Å². The van der Waals surface area contributed by atoms with Crippen molar-refractivity contribution in [3.8, 4) is 0 Å². The van der Waals surface area contributed by atoms with Crippen LogP contribution in [0.1, 0.15) is 40.5 Å². The van der Waals surface area contributed by atoms with Crippen LogP contribution < -0.4 is 5.73 Å². The third kappa shape index (κ3) is 3.66.